The van der Waals surface area contributed by atoms with Gasteiger partial charge in [0.25, 0.3) is 0 Å². The van der Waals surface area contributed by atoms with E-state index in [0.717, 1.165) is 25.9 Å². The molecule has 1 fully saturated rings. The van der Waals surface area contributed by atoms with Crippen LogP contribution >= 0.6 is 0 Å². The number of piperidine rings is 1. The zero-order valence-corrected chi connectivity index (χ0v) is 11.3. The standard InChI is InChI=1S/C13H22N4O2/c1-11(9-17-7-3-5-15-17)8-14-13(19)16-6-2-4-12(18)10-16/h3,5,7,11-12,18H,2,4,6,8-10H2,1H3,(H,14,19). The number of carbonyl (C=O) groups is 1. The molecule has 2 atom stereocenters. The molecule has 0 spiro atoms. The number of nitrogens with one attached hydrogen (secondary N) is 1. The van der Waals surface area contributed by atoms with Crippen molar-refractivity contribution < 1.29 is 9.90 Å². The molecular weight excluding hydrogens is 244 g/mol. The Kier molecular flexibility index (Phi) is 4.79. The third-order valence-corrected chi connectivity index (χ3v) is 3.34. The van der Waals surface area contributed by atoms with Gasteiger partial charge >= 0.3 is 6.03 Å². The topological polar surface area (TPSA) is 70.4 Å². The van der Waals surface area contributed by atoms with Crippen molar-refractivity contribution in [3.05, 3.63) is 18.5 Å². The molecule has 2 amide bonds. The highest BCUT2D eigenvalue weighted by molar-refractivity contribution is 5.74. The summed E-state index contributed by atoms with van der Waals surface area (Å²) in [7, 11) is 0. The Hall–Kier alpha value is -1.56. The number of hydrogen-bond acceptors (Lipinski definition) is 3. The second kappa shape index (κ2) is 6.56. The summed E-state index contributed by atoms with van der Waals surface area (Å²) < 4.78 is 1.86. The van der Waals surface area contributed by atoms with Crippen LogP contribution in [0, 0.1) is 5.92 Å². The van der Waals surface area contributed by atoms with Crippen LogP contribution in [-0.2, 0) is 6.54 Å². The summed E-state index contributed by atoms with van der Waals surface area (Å²) in [5.41, 5.74) is 0. The summed E-state index contributed by atoms with van der Waals surface area (Å²) in [6.07, 6.45) is 4.96. The van der Waals surface area contributed by atoms with Crippen molar-refractivity contribution in [2.24, 2.45) is 5.92 Å². The van der Waals surface area contributed by atoms with Gasteiger partial charge in [-0.05, 0) is 24.8 Å². The van der Waals surface area contributed by atoms with Gasteiger partial charge in [-0.15, -0.1) is 0 Å². The van der Waals surface area contributed by atoms with Gasteiger partial charge in [0.05, 0.1) is 6.10 Å². The van der Waals surface area contributed by atoms with Gasteiger partial charge in [0.2, 0.25) is 0 Å². The van der Waals surface area contributed by atoms with Crippen molar-refractivity contribution in [3.63, 3.8) is 0 Å². The second-order valence-corrected chi connectivity index (χ2v) is 5.26. The van der Waals surface area contributed by atoms with Gasteiger partial charge in [0.1, 0.15) is 0 Å². The van der Waals surface area contributed by atoms with Crippen LogP contribution in [0.1, 0.15) is 19.8 Å². The molecule has 0 saturated carbocycles. The summed E-state index contributed by atoms with van der Waals surface area (Å²) in [5, 5.41) is 16.6. The summed E-state index contributed by atoms with van der Waals surface area (Å²) in [6, 6.07) is 1.81. The van der Waals surface area contributed by atoms with E-state index < -0.39 is 0 Å². The Balaban J connectivity index is 1.70. The minimum Gasteiger partial charge on any atom is -0.391 e. The molecule has 2 N–H and O–H groups in total. The number of aromatic nitrogens is 2. The number of carbonyl (C=O) groups excluding carboxylic acids is 1. The molecule has 106 valence electrons. The summed E-state index contributed by atoms with van der Waals surface area (Å²) in [6.45, 7) is 4.66. The first-order chi connectivity index (χ1) is 9.15. The first kappa shape index (κ1) is 13.9. The Morgan fingerprint density at radius 3 is 3.16 bits per heavy atom. The van der Waals surface area contributed by atoms with E-state index in [4.69, 9.17) is 0 Å². The van der Waals surface area contributed by atoms with Crippen molar-refractivity contribution in [2.45, 2.75) is 32.4 Å². The van der Waals surface area contributed by atoms with Crippen LogP contribution in [0.4, 0.5) is 4.79 Å². The fraction of sp³-hybridized carbons (Fsp3) is 0.692. The normalized spacial score (nSPS) is 21.2. The fourth-order valence-electron chi connectivity index (χ4n) is 2.30. The number of amides is 2. The van der Waals surface area contributed by atoms with Crippen LogP contribution < -0.4 is 5.32 Å². The van der Waals surface area contributed by atoms with E-state index >= 15 is 0 Å². The van der Waals surface area contributed by atoms with E-state index in [-0.39, 0.29) is 12.1 Å². The average molecular weight is 266 g/mol. The second-order valence-electron chi connectivity index (χ2n) is 5.26. The van der Waals surface area contributed by atoms with Crippen LogP contribution in [0.25, 0.3) is 0 Å². The summed E-state index contributed by atoms with van der Waals surface area (Å²) in [4.78, 5) is 13.6. The van der Waals surface area contributed by atoms with E-state index in [2.05, 4.69) is 17.3 Å². The molecule has 1 aromatic rings. The van der Waals surface area contributed by atoms with Crippen molar-refractivity contribution >= 4 is 6.03 Å². The molecule has 1 aromatic heterocycles. The Morgan fingerprint density at radius 2 is 2.47 bits per heavy atom. The Labute approximate surface area is 113 Å². The maximum Gasteiger partial charge on any atom is 0.317 e. The lowest BCUT2D eigenvalue weighted by molar-refractivity contribution is 0.0839. The first-order valence-corrected chi connectivity index (χ1v) is 6.83. The lowest BCUT2D eigenvalue weighted by Gasteiger charge is -2.30. The van der Waals surface area contributed by atoms with Crippen LogP contribution in [0.2, 0.25) is 0 Å². The number of hydrogen-bond donors (Lipinski definition) is 2. The molecular formula is C13H22N4O2. The third-order valence-electron chi connectivity index (χ3n) is 3.34. The molecule has 1 aliphatic heterocycles. The van der Waals surface area contributed by atoms with Gasteiger partial charge in [-0.3, -0.25) is 4.68 Å². The van der Waals surface area contributed by atoms with E-state index in [1.807, 2.05) is 16.9 Å². The van der Waals surface area contributed by atoms with E-state index in [0.29, 0.717) is 19.0 Å². The number of nitrogens with zero attached hydrogens (tertiary/aromatic N) is 3. The molecule has 6 heteroatoms. The molecule has 1 aliphatic rings. The number of aliphatic hydroxyl groups excluding tert-OH is 1. The Morgan fingerprint density at radius 1 is 1.63 bits per heavy atom. The maximum atomic E-state index is 11.9. The van der Waals surface area contributed by atoms with Crippen LogP contribution in [-0.4, -0.2) is 51.6 Å². The fourth-order valence-corrected chi connectivity index (χ4v) is 2.30. The molecule has 19 heavy (non-hydrogen) atoms. The van der Waals surface area contributed by atoms with E-state index in [9.17, 15) is 9.90 Å². The zero-order chi connectivity index (χ0) is 13.7. The lowest BCUT2D eigenvalue weighted by Crippen LogP contribution is -2.48. The van der Waals surface area contributed by atoms with Gasteiger partial charge < -0.3 is 15.3 Å². The van der Waals surface area contributed by atoms with Crippen LogP contribution in [0.3, 0.4) is 0 Å². The Bertz CT molecular complexity index is 393. The van der Waals surface area contributed by atoms with E-state index in [1.54, 1.807) is 11.1 Å². The minimum absolute atomic E-state index is 0.0777. The molecule has 1 saturated heterocycles. The predicted octanol–water partition coefficient (Wildman–Crippen LogP) is 0.685. The predicted molar refractivity (Wildman–Crippen MR) is 71.6 cm³/mol. The van der Waals surface area contributed by atoms with Gasteiger partial charge in [0, 0.05) is 38.6 Å². The van der Waals surface area contributed by atoms with Gasteiger partial charge in [0.15, 0.2) is 0 Å². The van der Waals surface area contributed by atoms with Gasteiger partial charge in [-0.25, -0.2) is 4.79 Å². The highest BCUT2D eigenvalue weighted by atomic mass is 16.3. The van der Waals surface area contributed by atoms with Gasteiger partial charge in [-0.1, -0.05) is 6.92 Å². The van der Waals surface area contributed by atoms with Crippen molar-refractivity contribution in [1.29, 1.82) is 0 Å². The molecule has 2 rings (SSSR count). The van der Waals surface area contributed by atoms with Crippen molar-refractivity contribution in [1.82, 2.24) is 20.0 Å². The third kappa shape index (κ3) is 4.24. The quantitative estimate of drug-likeness (QED) is 0.842. The molecule has 0 aromatic carbocycles. The number of urea groups is 1. The van der Waals surface area contributed by atoms with Crippen molar-refractivity contribution in [3.8, 4) is 0 Å². The number of likely N-dealkylation sites (tertiary alicyclic amines) is 1. The van der Waals surface area contributed by atoms with E-state index in [1.165, 1.54) is 0 Å². The minimum atomic E-state index is -0.374. The molecule has 2 heterocycles. The first-order valence-electron chi connectivity index (χ1n) is 6.83. The molecule has 2 unspecified atom stereocenters. The van der Waals surface area contributed by atoms with Crippen LogP contribution in [0.5, 0.6) is 0 Å². The number of aliphatic hydroxyl groups is 1. The number of β-amino-alcohol motifs (C(OH)–C–C–N with tert-alkyl or cyclic N) is 1. The number of rotatable bonds is 4. The highest BCUT2D eigenvalue weighted by Gasteiger charge is 2.21. The molecule has 0 aliphatic carbocycles. The largest absolute Gasteiger partial charge is 0.391 e. The SMILES string of the molecule is CC(CNC(=O)N1CCCC(O)C1)Cn1cccn1. The average Bonchev–Trinajstić information content (AvgIpc) is 2.88. The smallest absolute Gasteiger partial charge is 0.317 e. The lowest BCUT2D eigenvalue weighted by atomic mass is 10.1. The van der Waals surface area contributed by atoms with Gasteiger partial charge in [-0.2, -0.15) is 5.10 Å². The molecule has 6 nitrogen and oxygen atoms in total. The molecule has 0 radical (unpaired) electrons. The summed E-state index contributed by atoms with van der Waals surface area (Å²) >= 11 is 0. The van der Waals surface area contributed by atoms with Crippen molar-refractivity contribution in [2.75, 3.05) is 19.6 Å². The monoisotopic (exact) mass is 266 g/mol. The van der Waals surface area contributed by atoms with Crippen LogP contribution in [0.15, 0.2) is 18.5 Å². The molecule has 0 bridgehead atoms. The zero-order valence-electron chi connectivity index (χ0n) is 11.3. The summed E-state index contributed by atoms with van der Waals surface area (Å²) in [5.74, 6) is 0.318. The highest BCUT2D eigenvalue weighted by Crippen LogP contribution is 2.09. The maximum absolute atomic E-state index is 11.9.